The molecule has 29 nitrogen and oxygen atoms in total. The third-order valence-electron chi connectivity index (χ3n) is 23.0. The van der Waals surface area contributed by atoms with Crippen LogP contribution in [0.3, 0.4) is 0 Å². The highest BCUT2D eigenvalue weighted by Gasteiger charge is 2.53. The molecule has 15 rings (SSSR count). The molecule has 2 aromatic carbocycles. The van der Waals surface area contributed by atoms with Gasteiger partial charge in [-0.15, -0.1) is 0 Å². The number of benzene rings is 2. The van der Waals surface area contributed by atoms with Gasteiger partial charge in [0.25, 0.3) is 33.4 Å². The zero-order valence-corrected chi connectivity index (χ0v) is 85.2. The van der Waals surface area contributed by atoms with Gasteiger partial charge in [-0.3, -0.25) is 33.1 Å². The summed E-state index contributed by atoms with van der Waals surface area (Å²) in [6, 6.07) is 42.8. The van der Waals surface area contributed by atoms with Gasteiger partial charge in [0.1, 0.15) is 37.9 Å². The van der Waals surface area contributed by atoms with Gasteiger partial charge in [0, 0.05) is 104 Å². The second-order valence-corrected chi connectivity index (χ2v) is 39.1. The first-order chi connectivity index (χ1) is 67.8. The van der Waals surface area contributed by atoms with Crippen LogP contribution in [0, 0.1) is 0 Å². The van der Waals surface area contributed by atoms with E-state index in [2.05, 4.69) is 89.1 Å². The molecule has 3 radical (unpaired) electrons. The Kier molecular flexibility index (Phi) is 55.9. The van der Waals surface area contributed by atoms with Crippen molar-refractivity contribution in [3.8, 4) is 11.8 Å². The fourth-order valence-electron chi connectivity index (χ4n) is 14.8. The smallest absolute Gasteiger partial charge is 0.473 e. The molecule has 7 aromatic heterocycles. The van der Waals surface area contributed by atoms with Gasteiger partial charge in [-0.25, -0.2) is 19.9 Å². The van der Waals surface area contributed by atoms with Crippen molar-refractivity contribution in [2.45, 2.75) is 214 Å². The highest BCUT2D eigenvalue weighted by molar-refractivity contribution is 9.10. The van der Waals surface area contributed by atoms with Crippen LogP contribution in [0.4, 0.5) is 51.1 Å². The van der Waals surface area contributed by atoms with Crippen LogP contribution in [0.2, 0.25) is 10.0 Å². The van der Waals surface area contributed by atoms with E-state index < -0.39 is 64.8 Å². The number of carbonyl (C=O) groups excluding carboxylic acids is 5. The average Bonchev–Trinajstić information content (AvgIpc) is 1.62. The minimum atomic E-state index is -5.35. The first kappa shape index (κ1) is 129. The second-order valence-electron chi connectivity index (χ2n) is 34.3. The maximum absolute atomic E-state index is 12.7. The van der Waals surface area contributed by atoms with E-state index in [1.54, 1.807) is 90.9 Å². The molecule has 9 aromatic rings. The molecule has 147 heavy (non-hydrogen) atoms. The van der Waals surface area contributed by atoms with Crippen LogP contribution in [-0.4, -0.2) is 234 Å². The number of halogens is 13. The van der Waals surface area contributed by atoms with Crippen molar-refractivity contribution in [1.29, 1.82) is 0 Å². The number of aromatic nitrogens is 7. The molecule has 0 bridgehead atoms. The molecule has 4 saturated heterocycles. The minimum Gasteiger partial charge on any atom is -0.473 e. The van der Waals surface area contributed by atoms with Crippen LogP contribution < -0.4 is 42.1 Å². The molecule has 0 saturated carbocycles. The lowest BCUT2D eigenvalue weighted by Crippen LogP contribution is -2.46. The number of hydrogen-bond acceptors (Lipinski definition) is 24. The van der Waals surface area contributed by atoms with Crippen LogP contribution in [-0.2, 0) is 73.9 Å². The number of rotatable bonds is 26. The molecule has 2 amide bonds. The Morgan fingerprint density at radius 3 is 1.51 bits per heavy atom. The van der Waals surface area contributed by atoms with Gasteiger partial charge < -0.3 is 77.7 Å². The Bertz CT molecular complexity index is 5830. The SMILES string of the molecule is Brc1ccc(OCc2ccccc2)nc1.C.C.C.C.CC1(C)OB(C2=CCCN([B]C=O)C2)OC1(C)C.CCOS(=O)(=O)C(F)(F)F.C[C@@H](Br)C(=O)Nc1ccc(Cl)cn1.C[C@@H](C(=O)Nc1ccc(Cl)cn1)N1CCC[C@@H](c2ccc(=O)n(CC(F)(F)F)c2)C1.O=C[B]N1CCC=C(c2ccc(OCc3ccccc3)nc2)C1.O=C[B]N1CCCC(c2ccc(=O)[nH]c2)C1.O=c1ccc(C2CCCNC2)cn1CC(F)(F)F. The zero-order valence-electron chi connectivity index (χ0n) is 79.7. The molecular weight excluding hydrogens is 2110 g/mol. The number of ether oxygens (including phenoxy) is 2. The molecule has 0 aliphatic carbocycles. The Hall–Kier alpha value is -10.3. The number of hydrogen-bond donors (Lipinski definition) is 4. The summed E-state index contributed by atoms with van der Waals surface area (Å²) >= 11 is 17.9. The first-order valence-corrected chi connectivity index (χ1v) is 49.6. The number of carbonyl (C=O) groups is 5. The Morgan fingerprint density at radius 2 is 1.06 bits per heavy atom. The number of pyridine rings is 7. The van der Waals surface area contributed by atoms with Crippen molar-refractivity contribution in [2.75, 3.05) is 82.7 Å². The highest BCUT2D eigenvalue weighted by Crippen LogP contribution is 2.40. The standard InChI is InChI=1S/C20H22ClF3N4O2.C18H18BN2O2.C12H20B2NO3.C12H10BrNO.C12H15F3N2O.C11H14BN2O2.C8H8BrClN2O.C3H5F3O3S.4CH4/c1-13(19(30)26-17-6-5-16(21)9-25-17)27-8-2-3-14(10-27)15-4-7-18(29)28(11-15)12-20(22,23)24;22-14-19-21-10-4-7-17(12-21)16-8-9-18(20-11-16)23-13-15-5-2-1-3-6-15;1-11(2)12(3,4)18-14(17-11)10-6-5-7-15(8-10)13-9-16;13-11-6-7-12(14-8-11)15-9-10-4-2-1-3-5-10;13-12(14,15)8-17-7-10(3-4-11(17)18)9-2-1-5-16-6-9;15-8-12-14-5-1-2-10(7-14)9-3-4-11(16)13-6-9;1-5(9)8(13)12-7-3-2-6(10)4-11-7;1-2-9-10(7,8)3(4,5)6;;;;/h4-7,9,11,13-14H,2-3,8,10,12H2,1H3,(H,25,26,30);1-3,5-9,11,14H,4,10,12-13H2;6,9H,5,7-8H2,1-4H3;1-8H,9H2;3-4,7,9,16H,1-2,5-6,8H2;3-4,6,8,10H,1-2,5,7H2,(H,13,16);2-5H,1H3,(H,11,12,13);2H2,1H3;4*1H4/t13-,14+;;;;;;5-;;;;;/m0.....1...../s1. The predicted molar refractivity (Wildman–Crippen MR) is 569 cm³/mol. The lowest BCUT2D eigenvalue weighted by Gasteiger charge is -2.36. The fraction of sp³-hybridized carbons (Fsp3) is 0.440. The van der Waals surface area contributed by atoms with Crippen molar-refractivity contribution >= 4 is 142 Å². The van der Waals surface area contributed by atoms with Gasteiger partial charge in [-0.05, 0) is 254 Å². The lowest BCUT2D eigenvalue weighted by molar-refractivity contribution is -0.142. The number of anilines is 2. The van der Waals surface area contributed by atoms with Crippen molar-refractivity contribution < 1.29 is 94.9 Å². The van der Waals surface area contributed by atoms with Crippen molar-refractivity contribution in [3.05, 3.63) is 286 Å². The molecule has 6 aliphatic heterocycles. The van der Waals surface area contributed by atoms with Gasteiger partial charge in [-0.2, -0.15) is 47.9 Å². The first-order valence-electron chi connectivity index (χ1n) is 45.7. The number of piperidine rings is 3. The van der Waals surface area contributed by atoms with Crippen molar-refractivity contribution in [2.24, 2.45) is 0 Å². The highest BCUT2D eigenvalue weighted by atomic mass is 79.9. The Morgan fingerprint density at radius 1 is 0.578 bits per heavy atom. The van der Waals surface area contributed by atoms with Gasteiger partial charge >= 0.3 is 35.1 Å². The predicted octanol–water partition coefficient (Wildman–Crippen LogP) is 18.8. The zero-order chi connectivity index (χ0) is 105. The normalized spacial score (nSPS) is 17.4. The van der Waals surface area contributed by atoms with Crippen LogP contribution in [0.25, 0.3) is 5.57 Å². The van der Waals surface area contributed by atoms with Crippen molar-refractivity contribution in [3.63, 3.8) is 0 Å². The van der Waals surface area contributed by atoms with E-state index in [1.807, 2.05) is 144 Å². The maximum Gasteiger partial charge on any atom is 0.523 e. The number of amides is 2. The molecule has 0 spiro atoms. The Labute approximate surface area is 883 Å². The van der Waals surface area contributed by atoms with E-state index in [-0.39, 0.29) is 82.1 Å². The summed E-state index contributed by atoms with van der Waals surface area (Å²) < 4.78 is 158. The number of nitrogens with zero attached hydrogens (tertiary/aromatic N) is 10. The summed E-state index contributed by atoms with van der Waals surface area (Å²) in [7, 11) is -0.870. The summed E-state index contributed by atoms with van der Waals surface area (Å²) in [5.74, 6) is 2.32. The van der Waals surface area contributed by atoms with Gasteiger partial charge in [0.15, 0.2) is 0 Å². The largest absolute Gasteiger partial charge is 0.523 e. The summed E-state index contributed by atoms with van der Waals surface area (Å²) in [5.41, 5.74) is 0.937. The van der Waals surface area contributed by atoms with E-state index in [0.717, 1.165) is 165 Å². The number of alkyl halides is 10. The molecule has 4 N–H and O–H groups in total. The van der Waals surface area contributed by atoms with Gasteiger partial charge in [0.2, 0.25) is 29.1 Å². The van der Waals surface area contributed by atoms with E-state index in [1.165, 1.54) is 42.5 Å². The Balaban J connectivity index is 0.000000355. The molecule has 4 fully saturated rings. The molecule has 5 atom stereocenters. The second kappa shape index (κ2) is 63.7. The van der Waals surface area contributed by atoms with E-state index in [9.17, 15) is 86.3 Å². The molecule has 2 unspecified atom stereocenters. The van der Waals surface area contributed by atoms with Crippen LogP contribution in [0.1, 0.15) is 181 Å². The summed E-state index contributed by atoms with van der Waals surface area (Å²) in [6.07, 6.45) is 16.4. The van der Waals surface area contributed by atoms with E-state index in [4.69, 9.17) is 42.0 Å². The third-order valence-corrected chi connectivity index (χ3v) is 25.4. The lowest BCUT2D eigenvalue weighted by atomic mass is 9.74. The molecule has 13 heterocycles. The quantitative estimate of drug-likeness (QED) is 0.00977. The average molecular weight is 2240 g/mol. The maximum atomic E-state index is 12.7. The van der Waals surface area contributed by atoms with Crippen LogP contribution in [0.15, 0.2) is 225 Å². The van der Waals surface area contributed by atoms with Crippen molar-refractivity contribution in [1.82, 2.24) is 58.7 Å². The number of aromatic amines is 1. The summed E-state index contributed by atoms with van der Waals surface area (Å²) in [5, 5.41) is 9.57. The van der Waals surface area contributed by atoms with E-state index in [0.29, 0.717) is 82.3 Å². The molecule has 797 valence electrons. The number of H-pyrrole nitrogens is 1. The molecular formula is C100H128B4Br2Cl2F9N14O15S. The summed E-state index contributed by atoms with van der Waals surface area (Å²) in [4.78, 5) is 116. The van der Waals surface area contributed by atoms with Crippen LogP contribution >= 0.6 is 55.1 Å². The van der Waals surface area contributed by atoms with Gasteiger partial charge in [-0.1, -0.05) is 160 Å². The van der Waals surface area contributed by atoms with Crippen LogP contribution in [0.5, 0.6) is 11.8 Å². The molecule has 6 aliphatic rings. The van der Waals surface area contributed by atoms with E-state index >= 15 is 0 Å². The minimum absolute atomic E-state index is 0. The topological polar surface area (TPSA) is 343 Å². The number of nitrogens with one attached hydrogen (secondary N) is 4. The monoisotopic (exact) mass is 2240 g/mol. The molecule has 47 heteroatoms. The summed E-state index contributed by atoms with van der Waals surface area (Å²) in [6.45, 7) is 18.8. The fourth-order valence-corrected chi connectivity index (χ4v) is 15.8. The van der Waals surface area contributed by atoms with Gasteiger partial charge in [0.05, 0.1) is 57.3 Å². The number of likely N-dealkylation sites (tertiary alicyclic amines) is 1. The third kappa shape index (κ3) is 45.6.